The molecule has 1 unspecified atom stereocenters. The van der Waals surface area contributed by atoms with Gasteiger partial charge in [0.05, 0.1) is 11.6 Å². The van der Waals surface area contributed by atoms with Gasteiger partial charge >= 0.3 is 0 Å². The molecule has 2 aromatic carbocycles. The number of ketones is 1. The number of anilines is 1. The third-order valence-corrected chi connectivity index (χ3v) is 3.40. The van der Waals surface area contributed by atoms with E-state index in [1.54, 1.807) is 60.7 Å². The number of hydrogen-bond donors (Lipinski definition) is 2. The molecule has 6 nitrogen and oxygen atoms in total. The number of rotatable bonds is 4. The van der Waals surface area contributed by atoms with Crippen LogP contribution in [0.1, 0.15) is 10.5 Å². The van der Waals surface area contributed by atoms with Gasteiger partial charge in [-0.2, -0.15) is 10.4 Å². The summed E-state index contributed by atoms with van der Waals surface area (Å²) >= 11 is 0. The maximum absolute atomic E-state index is 12.5. The van der Waals surface area contributed by atoms with Crippen molar-refractivity contribution in [2.75, 3.05) is 5.32 Å². The maximum atomic E-state index is 12.5. The van der Waals surface area contributed by atoms with Crippen LogP contribution in [-0.2, 0) is 4.79 Å². The van der Waals surface area contributed by atoms with E-state index in [2.05, 4.69) is 15.5 Å². The van der Waals surface area contributed by atoms with Gasteiger partial charge in [-0.15, -0.1) is 0 Å². The van der Waals surface area contributed by atoms with Gasteiger partial charge in [0.15, 0.2) is 5.92 Å². The van der Waals surface area contributed by atoms with Gasteiger partial charge in [-0.25, -0.2) is 0 Å². The molecule has 2 N–H and O–H groups in total. The van der Waals surface area contributed by atoms with Crippen molar-refractivity contribution in [1.29, 1.82) is 5.26 Å². The van der Waals surface area contributed by atoms with Gasteiger partial charge in [-0.05, 0) is 18.2 Å². The van der Waals surface area contributed by atoms with Crippen LogP contribution < -0.4 is 5.32 Å². The van der Waals surface area contributed by atoms with Gasteiger partial charge in [0.2, 0.25) is 11.7 Å². The van der Waals surface area contributed by atoms with Crippen LogP contribution in [0.25, 0.3) is 10.9 Å². The summed E-state index contributed by atoms with van der Waals surface area (Å²) in [7, 11) is 0. The summed E-state index contributed by atoms with van der Waals surface area (Å²) < 4.78 is 0. The van der Waals surface area contributed by atoms with Crippen LogP contribution in [0.3, 0.4) is 0 Å². The third kappa shape index (κ3) is 2.80. The van der Waals surface area contributed by atoms with Gasteiger partial charge < -0.3 is 5.32 Å². The molecule has 3 aromatic rings. The lowest BCUT2D eigenvalue weighted by atomic mass is 10.00. The summed E-state index contributed by atoms with van der Waals surface area (Å²) in [5.41, 5.74) is 1.30. The Hall–Kier alpha value is -3.46. The number of amides is 1. The van der Waals surface area contributed by atoms with Gasteiger partial charge in [0.1, 0.15) is 5.69 Å². The highest BCUT2D eigenvalue weighted by Gasteiger charge is 2.30. The minimum Gasteiger partial charge on any atom is -0.325 e. The summed E-state index contributed by atoms with van der Waals surface area (Å²) in [6.07, 6.45) is 0. The lowest BCUT2D eigenvalue weighted by Gasteiger charge is -2.08. The molecule has 0 aliphatic carbocycles. The molecular weight excluding hydrogens is 292 g/mol. The number of carbonyl (C=O) groups is 2. The minimum absolute atomic E-state index is 0.0929. The molecule has 6 heteroatoms. The Bertz CT molecular complexity index is 909. The topological polar surface area (TPSA) is 98.6 Å². The van der Waals surface area contributed by atoms with E-state index < -0.39 is 17.6 Å². The number of hydrogen-bond acceptors (Lipinski definition) is 4. The molecule has 0 saturated heterocycles. The van der Waals surface area contributed by atoms with Crippen molar-refractivity contribution >= 4 is 28.3 Å². The quantitative estimate of drug-likeness (QED) is 0.571. The van der Waals surface area contributed by atoms with E-state index in [9.17, 15) is 14.9 Å². The molecule has 1 heterocycles. The van der Waals surface area contributed by atoms with Crippen LogP contribution in [0.15, 0.2) is 54.6 Å². The Kier molecular flexibility index (Phi) is 3.85. The molecule has 112 valence electrons. The zero-order chi connectivity index (χ0) is 16.2. The van der Waals surface area contributed by atoms with Gasteiger partial charge in [-0.3, -0.25) is 14.7 Å². The van der Waals surface area contributed by atoms with Crippen molar-refractivity contribution in [3.05, 3.63) is 60.3 Å². The molecule has 3 rings (SSSR count). The molecule has 0 aliphatic rings. The average Bonchev–Trinajstić information content (AvgIpc) is 3.00. The normalized spacial score (nSPS) is 11.6. The van der Waals surface area contributed by atoms with E-state index in [-0.39, 0.29) is 5.69 Å². The highest BCUT2D eigenvalue weighted by Crippen LogP contribution is 2.19. The highest BCUT2D eigenvalue weighted by atomic mass is 16.2. The van der Waals surface area contributed by atoms with Crippen LogP contribution in [0.5, 0.6) is 0 Å². The Morgan fingerprint density at radius 1 is 1.09 bits per heavy atom. The van der Waals surface area contributed by atoms with Crippen molar-refractivity contribution < 1.29 is 9.59 Å². The number of benzene rings is 2. The Labute approximate surface area is 131 Å². The monoisotopic (exact) mass is 304 g/mol. The smallest absolute Gasteiger partial charge is 0.249 e. The molecular formula is C17H12N4O2. The lowest BCUT2D eigenvalue weighted by Crippen LogP contribution is -2.29. The van der Waals surface area contributed by atoms with E-state index in [0.717, 1.165) is 0 Å². The Morgan fingerprint density at radius 3 is 2.52 bits per heavy atom. The summed E-state index contributed by atoms with van der Waals surface area (Å²) in [6, 6.07) is 17.5. The zero-order valence-corrected chi connectivity index (χ0v) is 12.0. The number of nitriles is 1. The van der Waals surface area contributed by atoms with Crippen LogP contribution in [0.2, 0.25) is 0 Å². The number of aromatic nitrogens is 2. The van der Waals surface area contributed by atoms with Gasteiger partial charge in [0.25, 0.3) is 0 Å². The molecule has 0 fully saturated rings. The van der Waals surface area contributed by atoms with E-state index >= 15 is 0 Å². The summed E-state index contributed by atoms with van der Waals surface area (Å²) in [5, 5.41) is 19.1. The van der Waals surface area contributed by atoms with E-state index in [1.807, 2.05) is 0 Å². The van der Waals surface area contributed by atoms with Crippen LogP contribution in [0.4, 0.5) is 5.69 Å². The standard InChI is InChI=1S/C17H12N4O2/c18-10-13(17(23)19-11-6-2-1-3-7-11)16(22)15-12-8-4-5-9-14(12)20-21-15/h1-9,13H,(H,19,23)(H,20,21). The molecule has 0 spiro atoms. The lowest BCUT2D eigenvalue weighted by molar-refractivity contribution is -0.117. The fraction of sp³-hybridized carbons (Fsp3) is 0.0588. The van der Waals surface area contributed by atoms with Crippen molar-refractivity contribution in [1.82, 2.24) is 10.2 Å². The molecule has 0 aliphatic heterocycles. The van der Waals surface area contributed by atoms with Crippen molar-refractivity contribution in [3.63, 3.8) is 0 Å². The predicted molar refractivity (Wildman–Crippen MR) is 84.6 cm³/mol. The van der Waals surface area contributed by atoms with Crippen LogP contribution in [-0.4, -0.2) is 21.9 Å². The van der Waals surface area contributed by atoms with Gasteiger partial charge in [0, 0.05) is 11.1 Å². The summed E-state index contributed by atoms with van der Waals surface area (Å²) in [6.45, 7) is 0. The Morgan fingerprint density at radius 2 is 1.78 bits per heavy atom. The zero-order valence-electron chi connectivity index (χ0n) is 12.0. The SMILES string of the molecule is N#CC(C(=O)Nc1ccccc1)C(=O)c1n[nH]c2ccccc12. The second kappa shape index (κ2) is 6.12. The number of Topliss-reactive ketones (excluding diaryl/α,β-unsaturated/α-hetero) is 1. The molecule has 23 heavy (non-hydrogen) atoms. The molecule has 0 bridgehead atoms. The maximum Gasteiger partial charge on any atom is 0.249 e. The number of aromatic amines is 1. The average molecular weight is 304 g/mol. The number of nitrogens with zero attached hydrogens (tertiary/aromatic N) is 2. The minimum atomic E-state index is -1.46. The fourth-order valence-corrected chi connectivity index (χ4v) is 2.26. The highest BCUT2D eigenvalue weighted by molar-refractivity contribution is 6.18. The molecule has 0 radical (unpaired) electrons. The molecule has 1 amide bonds. The molecule has 1 atom stereocenters. The van der Waals surface area contributed by atoms with E-state index in [1.165, 1.54) is 0 Å². The Balaban J connectivity index is 1.87. The second-order valence-corrected chi connectivity index (χ2v) is 4.90. The predicted octanol–water partition coefficient (Wildman–Crippen LogP) is 2.52. The van der Waals surface area contributed by atoms with Crippen LogP contribution in [0, 0.1) is 17.2 Å². The number of carbonyl (C=O) groups excluding carboxylic acids is 2. The van der Waals surface area contributed by atoms with Crippen molar-refractivity contribution in [3.8, 4) is 6.07 Å². The summed E-state index contributed by atoms with van der Waals surface area (Å²) in [5.74, 6) is -2.75. The first-order valence-corrected chi connectivity index (χ1v) is 6.93. The second-order valence-electron chi connectivity index (χ2n) is 4.90. The number of para-hydroxylation sites is 2. The number of nitrogens with one attached hydrogen (secondary N) is 2. The van der Waals surface area contributed by atoms with E-state index in [0.29, 0.717) is 16.6 Å². The number of fused-ring (bicyclic) bond motifs is 1. The first kappa shape index (κ1) is 14.5. The first-order chi connectivity index (χ1) is 11.2. The molecule has 1 aromatic heterocycles. The van der Waals surface area contributed by atoms with Gasteiger partial charge in [-0.1, -0.05) is 36.4 Å². The largest absolute Gasteiger partial charge is 0.325 e. The summed E-state index contributed by atoms with van der Waals surface area (Å²) in [4.78, 5) is 24.7. The van der Waals surface area contributed by atoms with Crippen molar-refractivity contribution in [2.24, 2.45) is 5.92 Å². The third-order valence-electron chi connectivity index (χ3n) is 3.40. The number of H-pyrrole nitrogens is 1. The van der Waals surface area contributed by atoms with E-state index in [4.69, 9.17) is 0 Å². The molecule has 0 saturated carbocycles. The fourth-order valence-electron chi connectivity index (χ4n) is 2.26. The first-order valence-electron chi connectivity index (χ1n) is 6.93. The van der Waals surface area contributed by atoms with Crippen LogP contribution >= 0.6 is 0 Å². The van der Waals surface area contributed by atoms with Crippen molar-refractivity contribution in [2.45, 2.75) is 0 Å².